The Bertz CT molecular complexity index is 967. The van der Waals surface area contributed by atoms with Crippen LogP contribution in [-0.4, -0.2) is 34.8 Å². The normalized spacial score (nSPS) is 25.2. The van der Waals surface area contributed by atoms with E-state index in [9.17, 15) is 14.7 Å². The summed E-state index contributed by atoms with van der Waals surface area (Å²) in [5.74, 6) is -0.693. The second kappa shape index (κ2) is 8.35. The maximum Gasteiger partial charge on any atom is 0.258 e. The van der Waals surface area contributed by atoms with Crippen LogP contribution >= 0.6 is 0 Å². The number of allylic oxidation sites excluding steroid dienone is 1. The highest BCUT2D eigenvalue weighted by molar-refractivity contribution is 5.80. The van der Waals surface area contributed by atoms with E-state index in [1.807, 2.05) is 55.5 Å². The van der Waals surface area contributed by atoms with Gasteiger partial charge in [0.1, 0.15) is 0 Å². The molecule has 0 saturated carbocycles. The summed E-state index contributed by atoms with van der Waals surface area (Å²) in [6.45, 7) is 2.80. The van der Waals surface area contributed by atoms with Crippen molar-refractivity contribution >= 4 is 12.0 Å². The molecule has 0 aliphatic carbocycles. The van der Waals surface area contributed by atoms with Crippen molar-refractivity contribution in [2.45, 2.75) is 32.0 Å². The summed E-state index contributed by atoms with van der Waals surface area (Å²) in [7, 11) is 0. The number of aromatic nitrogens is 1. The van der Waals surface area contributed by atoms with Crippen molar-refractivity contribution in [1.29, 1.82) is 0 Å². The van der Waals surface area contributed by atoms with Crippen molar-refractivity contribution < 1.29 is 9.90 Å². The first kappa shape index (κ1) is 19.6. The standard InChI is InChI=1S/C23H27N3O3/c1-2-6-16-9-10-19-21-20(17(14-27)18(25-21)13-26(19)23(16)29)22(28)24-12-11-15-7-4-3-5-8-15/h2-10,17-18,20-21,25,27H,11-14H2,1H3,(H,24,28)/b6-2-/t17-,18-,20+,21+/m1/s1. The highest BCUT2D eigenvalue weighted by atomic mass is 16.3. The van der Waals surface area contributed by atoms with Crippen LogP contribution in [0, 0.1) is 11.8 Å². The molecule has 1 saturated heterocycles. The third-order valence-electron chi connectivity index (χ3n) is 6.08. The second-order valence-electron chi connectivity index (χ2n) is 7.78. The maximum atomic E-state index is 13.1. The molecule has 2 aliphatic heterocycles. The molecule has 1 fully saturated rings. The number of aliphatic hydroxyl groups excluding tert-OH is 1. The minimum Gasteiger partial charge on any atom is -0.396 e. The molecule has 1 amide bonds. The van der Waals surface area contributed by atoms with Gasteiger partial charge in [-0.3, -0.25) is 9.59 Å². The summed E-state index contributed by atoms with van der Waals surface area (Å²) in [6.07, 6.45) is 4.41. The number of benzene rings is 1. The van der Waals surface area contributed by atoms with Gasteiger partial charge in [-0.1, -0.05) is 42.5 Å². The number of carbonyl (C=O) groups is 1. The van der Waals surface area contributed by atoms with Gasteiger partial charge in [-0.25, -0.2) is 0 Å². The molecule has 0 radical (unpaired) electrons. The minimum absolute atomic E-state index is 0.0427. The largest absolute Gasteiger partial charge is 0.396 e. The van der Waals surface area contributed by atoms with Gasteiger partial charge in [0.2, 0.25) is 5.91 Å². The number of amides is 1. The minimum atomic E-state index is -0.401. The van der Waals surface area contributed by atoms with Crippen LogP contribution in [0.25, 0.3) is 6.08 Å². The molecular formula is C23H27N3O3. The Hall–Kier alpha value is -2.70. The fourth-order valence-electron chi connectivity index (χ4n) is 4.66. The summed E-state index contributed by atoms with van der Waals surface area (Å²) < 4.78 is 1.76. The van der Waals surface area contributed by atoms with Crippen molar-refractivity contribution in [2.75, 3.05) is 13.2 Å². The Morgan fingerprint density at radius 1 is 1.28 bits per heavy atom. The van der Waals surface area contributed by atoms with E-state index < -0.39 is 5.92 Å². The molecule has 1 aromatic carbocycles. The lowest BCUT2D eigenvalue weighted by molar-refractivity contribution is -0.127. The Morgan fingerprint density at radius 2 is 2.07 bits per heavy atom. The molecule has 0 spiro atoms. The number of carbonyl (C=O) groups excluding carboxylic acids is 1. The highest BCUT2D eigenvalue weighted by Crippen LogP contribution is 2.40. The number of pyridine rings is 1. The van der Waals surface area contributed by atoms with E-state index in [1.54, 1.807) is 10.6 Å². The number of nitrogens with zero attached hydrogens (tertiary/aromatic N) is 1. The van der Waals surface area contributed by atoms with E-state index in [4.69, 9.17) is 0 Å². The molecule has 3 heterocycles. The summed E-state index contributed by atoms with van der Waals surface area (Å²) in [4.78, 5) is 25.9. The Labute approximate surface area is 170 Å². The lowest BCUT2D eigenvalue weighted by Gasteiger charge is -2.28. The monoisotopic (exact) mass is 393 g/mol. The van der Waals surface area contributed by atoms with Crippen LogP contribution in [0.1, 0.15) is 29.8 Å². The van der Waals surface area contributed by atoms with Crippen molar-refractivity contribution in [2.24, 2.45) is 11.8 Å². The fraction of sp³-hybridized carbons (Fsp3) is 0.391. The molecule has 3 N–H and O–H groups in total. The Kier molecular flexibility index (Phi) is 5.65. The first-order valence-electron chi connectivity index (χ1n) is 10.2. The zero-order valence-corrected chi connectivity index (χ0v) is 16.5. The third kappa shape index (κ3) is 3.66. The molecule has 6 nitrogen and oxygen atoms in total. The number of rotatable bonds is 6. The summed E-state index contributed by atoms with van der Waals surface area (Å²) >= 11 is 0. The third-order valence-corrected chi connectivity index (χ3v) is 6.08. The first-order chi connectivity index (χ1) is 14.1. The molecule has 1 aromatic heterocycles. The molecule has 2 aliphatic rings. The zero-order chi connectivity index (χ0) is 20.4. The molecule has 6 heteroatoms. The van der Waals surface area contributed by atoms with Crippen LogP contribution < -0.4 is 16.2 Å². The smallest absolute Gasteiger partial charge is 0.258 e. The van der Waals surface area contributed by atoms with Gasteiger partial charge in [-0.15, -0.1) is 0 Å². The van der Waals surface area contributed by atoms with Gasteiger partial charge in [0.15, 0.2) is 0 Å². The van der Waals surface area contributed by atoms with Crippen LogP contribution in [0.5, 0.6) is 0 Å². The van der Waals surface area contributed by atoms with E-state index in [-0.39, 0.29) is 36.1 Å². The second-order valence-corrected chi connectivity index (χ2v) is 7.78. The lowest BCUT2D eigenvalue weighted by atomic mass is 9.86. The lowest BCUT2D eigenvalue weighted by Crippen LogP contribution is -2.43. The van der Waals surface area contributed by atoms with Crippen molar-refractivity contribution in [3.63, 3.8) is 0 Å². The van der Waals surface area contributed by atoms with Gasteiger partial charge < -0.3 is 20.3 Å². The predicted molar refractivity (Wildman–Crippen MR) is 112 cm³/mol. The number of nitrogens with one attached hydrogen (secondary N) is 2. The van der Waals surface area contributed by atoms with E-state index in [2.05, 4.69) is 10.6 Å². The predicted octanol–water partition coefficient (Wildman–Crippen LogP) is 1.49. The maximum absolute atomic E-state index is 13.1. The Morgan fingerprint density at radius 3 is 2.79 bits per heavy atom. The molecular weight excluding hydrogens is 366 g/mol. The molecule has 4 atom stereocenters. The van der Waals surface area contributed by atoms with Gasteiger partial charge in [0.05, 0.1) is 12.0 Å². The van der Waals surface area contributed by atoms with E-state index in [1.165, 1.54) is 5.56 Å². The van der Waals surface area contributed by atoms with E-state index in [0.717, 1.165) is 12.1 Å². The average Bonchev–Trinajstić information content (AvgIpc) is 3.04. The van der Waals surface area contributed by atoms with Crippen molar-refractivity contribution in [1.82, 2.24) is 15.2 Å². The molecule has 152 valence electrons. The van der Waals surface area contributed by atoms with Gasteiger partial charge >= 0.3 is 0 Å². The van der Waals surface area contributed by atoms with Crippen LogP contribution in [-0.2, 0) is 17.8 Å². The van der Waals surface area contributed by atoms with Crippen LogP contribution in [0.2, 0.25) is 0 Å². The van der Waals surface area contributed by atoms with E-state index >= 15 is 0 Å². The van der Waals surface area contributed by atoms with E-state index in [0.29, 0.717) is 18.7 Å². The van der Waals surface area contributed by atoms with Gasteiger partial charge in [0, 0.05) is 42.9 Å². The summed E-state index contributed by atoms with van der Waals surface area (Å²) in [5.41, 5.74) is 2.59. The van der Waals surface area contributed by atoms with Crippen LogP contribution in [0.15, 0.2) is 53.3 Å². The average molecular weight is 393 g/mol. The highest BCUT2D eigenvalue weighted by Gasteiger charge is 2.50. The molecule has 29 heavy (non-hydrogen) atoms. The van der Waals surface area contributed by atoms with Crippen LogP contribution in [0.3, 0.4) is 0 Å². The number of fused-ring (bicyclic) bond motifs is 4. The zero-order valence-electron chi connectivity index (χ0n) is 16.5. The number of hydrogen-bond acceptors (Lipinski definition) is 4. The number of hydrogen-bond donors (Lipinski definition) is 3. The Balaban J connectivity index is 1.55. The van der Waals surface area contributed by atoms with Crippen molar-refractivity contribution in [3.05, 3.63) is 75.7 Å². The quantitative estimate of drug-likeness (QED) is 0.694. The van der Waals surface area contributed by atoms with Gasteiger partial charge in [-0.05, 0) is 31.0 Å². The SMILES string of the molecule is C/C=C\c1ccc2n(c1=O)C[C@H]1N[C@@H]2[C@@H](C(=O)NCCc2ccccc2)[C@@H]1CO. The molecule has 0 unspecified atom stereocenters. The summed E-state index contributed by atoms with van der Waals surface area (Å²) in [5, 5.41) is 16.5. The molecule has 2 aromatic rings. The topological polar surface area (TPSA) is 83.4 Å². The number of aliphatic hydroxyl groups is 1. The first-order valence-corrected chi connectivity index (χ1v) is 10.2. The van der Waals surface area contributed by atoms with Gasteiger partial charge in [0.25, 0.3) is 5.56 Å². The fourth-order valence-corrected chi connectivity index (χ4v) is 4.66. The van der Waals surface area contributed by atoms with Gasteiger partial charge in [-0.2, -0.15) is 0 Å². The summed E-state index contributed by atoms with van der Waals surface area (Å²) in [6, 6.07) is 13.4. The molecule has 2 bridgehead atoms. The molecule has 4 rings (SSSR count). The van der Waals surface area contributed by atoms with Crippen molar-refractivity contribution in [3.8, 4) is 0 Å². The van der Waals surface area contributed by atoms with Crippen LogP contribution in [0.4, 0.5) is 0 Å².